The SMILES string of the molecule is CN=C(NCCCCCOC)NCC1(c2ccccc2F)CC1.I. The fourth-order valence-corrected chi connectivity index (χ4v) is 2.81. The Kier molecular flexibility index (Phi) is 9.58. The lowest BCUT2D eigenvalue weighted by atomic mass is 9.95. The van der Waals surface area contributed by atoms with Crippen molar-refractivity contribution in [3.05, 3.63) is 35.6 Å². The molecule has 1 saturated carbocycles. The molecule has 4 nitrogen and oxygen atoms in total. The zero-order valence-corrected chi connectivity index (χ0v) is 16.9. The van der Waals surface area contributed by atoms with Crippen molar-refractivity contribution >= 4 is 29.9 Å². The molecule has 2 rings (SSSR count). The van der Waals surface area contributed by atoms with Gasteiger partial charge in [-0.1, -0.05) is 18.2 Å². The minimum Gasteiger partial charge on any atom is -0.385 e. The number of aliphatic imine (C=N–C) groups is 1. The van der Waals surface area contributed by atoms with Gasteiger partial charge in [-0.3, -0.25) is 4.99 Å². The van der Waals surface area contributed by atoms with E-state index in [0.717, 1.165) is 63.3 Å². The Hall–Kier alpha value is -0.890. The first-order chi connectivity index (χ1) is 11.2. The highest BCUT2D eigenvalue weighted by atomic mass is 127. The van der Waals surface area contributed by atoms with E-state index in [4.69, 9.17) is 4.74 Å². The van der Waals surface area contributed by atoms with Gasteiger partial charge in [0.15, 0.2) is 5.96 Å². The van der Waals surface area contributed by atoms with Crippen LogP contribution < -0.4 is 10.6 Å². The number of nitrogens with one attached hydrogen (secondary N) is 2. The zero-order chi connectivity index (χ0) is 16.5. The van der Waals surface area contributed by atoms with Gasteiger partial charge < -0.3 is 15.4 Å². The standard InChI is InChI=1S/C18H28FN3O.HI/c1-20-17(21-12-6-3-7-13-23-2)22-14-18(10-11-18)15-8-4-5-9-16(15)19;/h4-5,8-9H,3,6-7,10-14H2,1-2H3,(H2,20,21,22);1H. The normalized spacial score (nSPS) is 15.5. The van der Waals surface area contributed by atoms with Crippen molar-refractivity contribution in [2.24, 2.45) is 4.99 Å². The number of hydrogen-bond acceptors (Lipinski definition) is 2. The van der Waals surface area contributed by atoms with Crippen LogP contribution in [-0.2, 0) is 10.2 Å². The van der Waals surface area contributed by atoms with Crippen molar-refractivity contribution in [1.29, 1.82) is 0 Å². The van der Waals surface area contributed by atoms with E-state index in [2.05, 4.69) is 15.6 Å². The van der Waals surface area contributed by atoms with E-state index in [9.17, 15) is 4.39 Å². The van der Waals surface area contributed by atoms with Crippen LogP contribution in [0.2, 0.25) is 0 Å². The van der Waals surface area contributed by atoms with Gasteiger partial charge in [0.1, 0.15) is 5.82 Å². The number of hydrogen-bond donors (Lipinski definition) is 2. The third-order valence-corrected chi connectivity index (χ3v) is 4.43. The van der Waals surface area contributed by atoms with Gasteiger partial charge in [0.05, 0.1) is 0 Å². The molecule has 0 amide bonds. The Morgan fingerprint density at radius 1 is 1.21 bits per heavy atom. The summed E-state index contributed by atoms with van der Waals surface area (Å²) < 4.78 is 19.0. The summed E-state index contributed by atoms with van der Waals surface area (Å²) in [4.78, 5) is 4.24. The van der Waals surface area contributed by atoms with Crippen molar-refractivity contribution in [3.63, 3.8) is 0 Å². The van der Waals surface area contributed by atoms with Crippen LogP contribution in [0.4, 0.5) is 4.39 Å². The predicted octanol–water partition coefficient (Wildman–Crippen LogP) is 3.46. The second kappa shape index (κ2) is 10.9. The Morgan fingerprint density at radius 2 is 1.96 bits per heavy atom. The molecule has 0 atom stereocenters. The van der Waals surface area contributed by atoms with E-state index in [1.807, 2.05) is 12.1 Å². The minimum atomic E-state index is -0.104. The Balaban J connectivity index is 0.00000288. The van der Waals surface area contributed by atoms with Gasteiger partial charge in [0.2, 0.25) is 0 Å². The molecule has 136 valence electrons. The first-order valence-electron chi connectivity index (χ1n) is 8.40. The lowest BCUT2D eigenvalue weighted by Crippen LogP contribution is -2.41. The number of methoxy groups -OCH3 is 1. The van der Waals surface area contributed by atoms with Gasteiger partial charge in [-0.2, -0.15) is 0 Å². The van der Waals surface area contributed by atoms with E-state index in [0.29, 0.717) is 0 Å². The molecule has 6 heteroatoms. The van der Waals surface area contributed by atoms with Crippen LogP contribution in [0.1, 0.15) is 37.7 Å². The molecule has 0 aromatic heterocycles. The molecule has 0 radical (unpaired) electrons. The minimum absolute atomic E-state index is 0. The lowest BCUT2D eigenvalue weighted by molar-refractivity contribution is 0.192. The van der Waals surface area contributed by atoms with E-state index < -0.39 is 0 Å². The molecule has 24 heavy (non-hydrogen) atoms. The summed E-state index contributed by atoms with van der Waals surface area (Å²) in [5, 5.41) is 6.66. The Labute approximate surface area is 161 Å². The number of unbranched alkanes of at least 4 members (excludes halogenated alkanes) is 2. The molecule has 0 saturated heterocycles. The number of nitrogens with zero attached hydrogens (tertiary/aromatic N) is 1. The zero-order valence-electron chi connectivity index (χ0n) is 14.6. The maximum absolute atomic E-state index is 14.0. The highest BCUT2D eigenvalue weighted by Gasteiger charge is 2.45. The average Bonchev–Trinajstić information content (AvgIpc) is 3.35. The van der Waals surface area contributed by atoms with Gasteiger partial charge in [-0.15, -0.1) is 24.0 Å². The van der Waals surface area contributed by atoms with Crippen molar-refractivity contribution in [2.75, 3.05) is 33.9 Å². The molecule has 1 aliphatic rings. The van der Waals surface area contributed by atoms with Gasteiger partial charge in [-0.25, -0.2) is 4.39 Å². The quantitative estimate of drug-likeness (QED) is 0.263. The number of ether oxygens (including phenoxy) is 1. The number of guanidine groups is 1. The number of benzene rings is 1. The van der Waals surface area contributed by atoms with E-state index in [1.54, 1.807) is 26.3 Å². The van der Waals surface area contributed by atoms with Crippen LogP contribution in [0, 0.1) is 5.82 Å². The van der Waals surface area contributed by atoms with Crippen LogP contribution in [0.3, 0.4) is 0 Å². The second-order valence-corrected chi connectivity index (χ2v) is 6.17. The van der Waals surface area contributed by atoms with E-state index in [-0.39, 0.29) is 35.2 Å². The molecule has 0 unspecified atom stereocenters. The summed E-state index contributed by atoms with van der Waals surface area (Å²) in [6, 6.07) is 7.09. The highest BCUT2D eigenvalue weighted by Crippen LogP contribution is 2.48. The molecule has 0 heterocycles. The molecular formula is C18H29FIN3O. The smallest absolute Gasteiger partial charge is 0.191 e. The fraction of sp³-hybridized carbons (Fsp3) is 0.611. The van der Waals surface area contributed by atoms with E-state index >= 15 is 0 Å². The summed E-state index contributed by atoms with van der Waals surface area (Å²) in [6.07, 6.45) is 5.35. The summed E-state index contributed by atoms with van der Waals surface area (Å²) in [6.45, 7) is 2.42. The Morgan fingerprint density at radius 3 is 2.58 bits per heavy atom. The van der Waals surface area contributed by atoms with Crippen LogP contribution in [0.25, 0.3) is 0 Å². The third kappa shape index (κ3) is 6.20. The molecule has 0 spiro atoms. The second-order valence-electron chi connectivity index (χ2n) is 6.17. The van der Waals surface area contributed by atoms with Crippen LogP contribution >= 0.6 is 24.0 Å². The van der Waals surface area contributed by atoms with Crippen molar-refractivity contribution in [1.82, 2.24) is 10.6 Å². The largest absolute Gasteiger partial charge is 0.385 e. The average molecular weight is 449 g/mol. The fourth-order valence-electron chi connectivity index (χ4n) is 2.81. The Bertz CT molecular complexity index is 521. The summed E-state index contributed by atoms with van der Waals surface area (Å²) in [5.74, 6) is 0.687. The van der Waals surface area contributed by atoms with Crippen molar-refractivity contribution in [3.8, 4) is 0 Å². The lowest BCUT2D eigenvalue weighted by Gasteiger charge is -2.19. The van der Waals surface area contributed by atoms with Gasteiger partial charge >= 0.3 is 0 Å². The van der Waals surface area contributed by atoms with Gasteiger partial charge in [-0.05, 0) is 43.7 Å². The molecular weight excluding hydrogens is 420 g/mol. The maximum Gasteiger partial charge on any atom is 0.191 e. The summed E-state index contributed by atoms with van der Waals surface area (Å²) in [5.41, 5.74) is 0.754. The number of rotatable bonds is 9. The van der Waals surface area contributed by atoms with Crippen molar-refractivity contribution in [2.45, 2.75) is 37.5 Å². The van der Waals surface area contributed by atoms with Crippen LogP contribution in [0.5, 0.6) is 0 Å². The van der Waals surface area contributed by atoms with Crippen LogP contribution in [0.15, 0.2) is 29.3 Å². The molecule has 0 bridgehead atoms. The topological polar surface area (TPSA) is 45.7 Å². The molecule has 1 aromatic rings. The first-order valence-corrected chi connectivity index (χ1v) is 8.40. The molecule has 2 N–H and O–H groups in total. The van der Waals surface area contributed by atoms with E-state index in [1.165, 1.54) is 0 Å². The van der Waals surface area contributed by atoms with Gasteiger partial charge in [0.25, 0.3) is 0 Å². The maximum atomic E-state index is 14.0. The monoisotopic (exact) mass is 449 g/mol. The first kappa shape index (κ1) is 21.2. The predicted molar refractivity (Wildman–Crippen MR) is 108 cm³/mol. The van der Waals surface area contributed by atoms with Crippen LogP contribution in [-0.4, -0.2) is 39.8 Å². The van der Waals surface area contributed by atoms with Crippen molar-refractivity contribution < 1.29 is 9.13 Å². The number of halogens is 2. The molecule has 1 aliphatic carbocycles. The molecule has 1 fully saturated rings. The molecule has 0 aliphatic heterocycles. The third-order valence-electron chi connectivity index (χ3n) is 4.43. The molecule has 1 aromatic carbocycles. The summed E-state index contributed by atoms with van der Waals surface area (Å²) >= 11 is 0. The highest BCUT2D eigenvalue weighted by molar-refractivity contribution is 14.0. The summed E-state index contributed by atoms with van der Waals surface area (Å²) in [7, 11) is 3.50. The van der Waals surface area contributed by atoms with Gasteiger partial charge in [0, 0.05) is 39.3 Å².